The second-order valence-corrected chi connectivity index (χ2v) is 19.4. The zero-order chi connectivity index (χ0) is 57.8. The summed E-state index contributed by atoms with van der Waals surface area (Å²) in [4.78, 5) is 145. The minimum Gasteiger partial charge on any atom is -0.480 e. The molecule has 0 aromatic heterocycles. The SMILES string of the molecule is NC(N)=NCCC[C@H](NC(=O)[C@H](Cc1ccc([N+](=O)[O-])cc1)NC(=O)[C@@H]1CCCN1C(=O)[C@H](CO)NC(=O)[C@H](Cc1ccccc1)NC(=O)CNC(=O)[C@@H]1CCCN1C(=O)[C@@H]1CCCN1C(=O)[C@@H](N)CCCN=C(N)N)C(=O)O. The number of nitrogens with zero attached hydrogens (tertiary/aromatic N) is 6. The number of benzene rings is 2. The minimum atomic E-state index is -1.64. The second kappa shape index (κ2) is 29.9. The molecule has 3 saturated heterocycles. The predicted molar refractivity (Wildman–Crippen MR) is 284 cm³/mol. The standard InChI is InChI=1S/C50H72N16O13/c51-32(11-4-20-56-49(52)53)45(73)65-24-8-15-39(65)47(75)64-23-6-13-37(64)43(71)58-27-40(68)59-34(25-29-9-2-1-3-10-29)41(69)62-36(28-67)46(74)63-22-7-14-38(63)44(72)61-35(26-30-16-18-31(19-17-30)66(78)79)42(70)60-33(48(76)77)12-5-21-57-50(54)55/h1-3,9-10,16-19,32-39,67H,4-8,11-15,20-28,51H2,(H,58,71)(H,59,68)(H,60,70)(H,61,72)(H,62,69)(H,76,77)(H4,52,53,56)(H4,54,55,57)/t32-,33-,34-,35-,36-,37-,38-,39-/m0/s1. The molecule has 17 N–H and O–H groups in total. The van der Waals surface area contributed by atoms with Crippen molar-refractivity contribution in [2.45, 2.75) is 125 Å². The van der Waals surface area contributed by atoms with E-state index in [4.69, 9.17) is 28.7 Å². The molecule has 2 aromatic carbocycles. The van der Waals surface area contributed by atoms with Crippen molar-refractivity contribution in [1.82, 2.24) is 41.3 Å². The van der Waals surface area contributed by atoms with Crippen LogP contribution in [0.25, 0.3) is 0 Å². The molecule has 3 fully saturated rings. The average molecular weight is 1110 g/mol. The van der Waals surface area contributed by atoms with Crippen molar-refractivity contribution < 1.29 is 58.3 Å². The number of hydrogen-bond donors (Lipinski definition) is 12. The average Bonchev–Trinajstić information content (AvgIpc) is 4.36. The molecule has 29 heteroatoms. The molecule has 2 aromatic rings. The maximum atomic E-state index is 14.2. The van der Waals surface area contributed by atoms with E-state index in [0.29, 0.717) is 43.4 Å². The number of carboxylic acid groups (broad SMARTS) is 1. The molecule has 0 saturated carbocycles. The largest absolute Gasteiger partial charge is 0.480 e. The van der Waals surface area contributed by atoms with Crippen LogP contribution in [-0.4, -0.2) is 189 Å². The van der Waals surface area contributed by atoms with Crippen LogP contribution < -0.4 is 55.3 Å². The van der Waals surface area contributed by atoms with Gasteiger partial charge in [-0.25, -0.2) is 4.79 Å². The molecule has 8 atom stereocenters. The molecule has 0 spiro atoms. The molecular weight excluding hydrogens is 1030 g/mol. The Labute approximate surface area is 455 Å². The smallest absolute Gasteiger partial charge is 0.326 e. The number of nitro groups is 1. The van der Waals surface area contributed by atoms with Gasteiger partial charge in [0.25, 0.3) is 5.69 Å². The summed E-state index contributed by atoms with van der Waals surface area (Å²) in [6.07, 6.45) is 2.49. The molecule has 3 aliphatic rings. The molecule has 0 bridgehead atoms. The van der Waals surface area contributed by atoms with Gasteiger partial charge < -0.3 is 80.2 Å². The highest BCUT2D eigenvalue weighted by molar-refractivity contribution is 5.98. The molecule has 0 aliphatic carbocycles. The Morgan fingerprint density at radius 2 is 1.14 bits per heavy atom. The zero-order valence-corrected chi connectivity index (χ0v) is 43.7. The number of rotatable bonds is 28. The first kappa shape index (κ1) is 61.4. The molecule has 5 rings (SSSR count). The predicted octanol–water partition coefficient (Wildman–Crippen LogP) is -4.08. The molecule has 0 radical (unpaired) electrons. The van der Waals surface area contributed by atoms with Gasteiger partial charge in [0.1, 0.15) is 42.3 Å². The van der Waals surface area contributed by atoms with E-state index in [9.17, 15) is 63.5 Å². The quantitative estimate of drug-likeness (QED) is 0.0127. The third-order valence-electron chi connectivity index (χ3n) is 13.7. The van der Waals surface area contributed by atoms with Crippen molar-refractivity contribution in [2.75, 3.05) is 45.9 Å². The number of hydrogen-bond acceptors (Lipinski definition) is 15. The fourth-order valence-electron chi connectivity index (χ4n) is 9.69. The number of non-ortho nitro benzene ring substituents is 1. The monoisotopic (exact) mass is 1100 g/mol. The fourth-order valence-corrected chi connectivity index (χ4v) is 9.69. The lowest BCUT2D eigenvalue weighted by Gasteiger charge is -2.32. The van der Waals surface area contributed by atoms with Crippen molar-refractivity contribution in [2.24, 2.45) is 38.7 Å². The number of aliphatic imine (C=N–C) groups is 2. The molecule has 430 valence electrons. The van der Waals surface area contributed by atoms with E-state index in [1.165, 1.54) is 34.1 Å². The number of aliphatic hydroxyl groups excluding tert-OH is 1. The number of aliphatic carboxylic acids is 1. The summed E-state index contributed by atoms with van der Waals surface area (Å²) in [6, 6.07) is 3.79. The Balaban J connectivity index is 1.23. The van der Waals surface area contributed by atoms with Gasteiger partial charge in [0.2, 0.25) is 47.3 Å². The van der Waals surface area contributed by atoms with E-state index >= 15 is 0 Å². The number of guanidine groups is 2. The van der Waals surface area contributed by atoms with Crippen LogP contribution in [0.15, 0.2) is 64.6 Å². The molecule has 79 heavy (non-hydrogen) atoms. The molecular formula is C50H72N16O13. The lowest BCUT2D eigenvalue weighted by atomic mass is 10.0. The lowest BCUT2D eigenvalue weighted by molar-refractivity contribution is -0.384. The normalized spacial score (nSPS) is 18.7. The molecule has 3 heterocycles. The first-order chi connectivity index (χ1) is 37.7. The van der Waals surface area contributed by atoms with Crippen LogP contribution in [-0.2, 0) is 56.0 Å². The van der Waals surface area contributed by atoms with Crippen molar-refractivity contribution >= 4 is 70.8 Å². The Hall–Kier alpha value is -8.47. The van der Waals surface area contributed by atoms with E-state index in [-0.39, 0.29) is 95.2 Å². The highest BCUT2D eigenvalue weighted by Gasteiger charge is 2.44. The van der Waals surface area contributed by atoms with E-state index in [0.717, 1.165) is 4.90 Å². The van der Waals surface area contributed by atoms with Crippen LogP contribution in [0.1, 0.15) is 75.3 Å². The minimum absolute atomic E-state index is 0.0126. The van der Waals surface area contributed by atoms with Crippen molar-refractivity contribution in [3.8, 4) is 0 Å². The lowest BCUT2D eigenvalue weighted by Crippen LogP contribution is -2.60. The van der Waals surface area contributed by atoms with Gasteiger partial charge in [-0.1, -0.05) is 42.5 Å². The number of nitrogens with two attached hydrogens (primary N) is 5. The van der Waals surface area contributed by atoms with Gasteiger partial charge in [-0.2, -0.15) is 0 Å². The summed E-state index contributed by atoms with van der Waals surface area (Å²) < 4.78 is 0. The van der Waals surface area contributed by atoms with Crippen molar-refractivity contribution in [3.63, 3.8) is 0 Å². The van der Waals surface area contributed by atoms with Crippen molar-refractivity contribution in [3.05, 3.63) is 75.8 Å². The number of nitro benzene ring substituents is 1. The summed E-state index contributed by atoms with van der Waals surface area (Å²) >= 11 is 0. The molecule has 3 aliphatic heterocycles. The van der Waals surface area contributed by atoms with Gasteiger partial charge in [0.05, 0.1) is 24.1 Å². The van der Waals surface area contributed by atoms with Gasteiger partial charge >= 0.3 is 5.97 Å². The van der Waals surface area contributed by atoms with Crippen LogP contribution in [0, 0.1) is 10.1 Å². The number of likely N-dealkylation sites (tertiary alicyclic amines) is 3. The number of carbonyl (C=O) groups is 9. The number of amides is 8. The van der Waals surface area contributed by atoms with Gasteiger partial charge in [-0.05, 0) is 75.3 Å². The van der Waals surface area contributed by atoms with E-state index in [1.54, 1.807) is 30.3 Å². The third kappa shape index (κ3) is 18.1. The van der Waals surface area contributed by atoms with Gasteiger partial charge in [0.15, 0.2) is 11.9 Å². The number of carboxylic acids is 1. The fraction of sp³-hybridized carbons (Fsp3) is 0.540. The highest BCUT2D eigenvalue weighted by atomic mass is 16.6. The maximum Gasteiger partial charge on any atom is 0.326 e. The number of nitrogens with one attached hydrogen (secondary N) is 5. The van der Waals surface area contributed by atoms with E-state index in [2.05, 4.69) is 36.6 Å². The van der Waals surface area contributed by atoms with Crippen LogP contribution in [0.3, 0.4) is 0 Å². The maximum absolute atomic E-state index is 14.2. The summed E-state index contributed by atoms with van der Waals surface area (Å²) in [5.41, 5.74) is 28.4. The summed E-state index contributed by atoms with van der Waals surface area (Å²) in [5, 5.41) is 44.4. The number of aliphatic hydroxyl groups is 1. The molecule has 0 unspecified atom stereocenters. The Morgan fingerprint density at radius 3 is 1.70 bits per heavy atom. The van der Waals surface area contributed by atoms with Crippen LogP contribution in [0.2, 0.25) is 0 Å². The highest BCUT2D eigenvalue weighted by Crippen LogP contribution is 2.26. The Kier molecular flexibility index (Phi) is 23.2. The Morgan fingerprint density at radius 1 is 0.633 bits per heavy atom. The third-order valence-corrected chi connectivity index (χ3v) is 13.7. The first-order valence-corrected chi connectivity index (χ1v) is 26.1. The van der Waals surface area contributed by atoms with Crippen molar-refractivity contribution in [1.29, 1.82) is 0 Å². The van der Waals surface area contributed by atoms with Crippen LogP contribution in [0.4, 0.5) is 5.69 Å². The van der Waals surface area contributed by atoms with E-state index < -0.39 is 120 Å². The Bertz CT molecular complexity index is 2560. The molecule has 29 nitrogen and oxygen atoms in total. The summed E-state index contributed by atoms with van der Waals surface area (Å²) in [7, 11) is 0. The number of carbonyl (C=O) groups excluding carboxylic acids is 8. The first-order valence-electron chi connectivity index (χ1n) is 26.1. The van der Waals surface area contributed by atoms with Crippen LogP contribution in [0.5, 0.6) is 0 Å². The zero-order valence-electron chi connectivity index (χ0n) is 43.7. The topological polar surface area (TPSA) is 462 Å². The second-order valence-electron chi connectivity index (χ2n) is 19.4. The van der Waals surface area contributed by atoms with Gasteiger partial charge in [0, 0.05) is 57.7 Å². The van der Waals surface area contributed by atoms with Gasteiger partial charge in [-0.3, -0.25) is 58.5 Å². The molecule has 8 amide bonds. The van der Waals surface area contributed by atoms with Gasteiger partial charge in [-0.15, -0.1) is 0 Å². The summed E-state index contributed by atoms with van der Waals surface area (Å²) in [5.74, 6) is -7.48. The summed E-state index contributed by atoms with van der Waals surface area (Å²) in [6.45, 7) is -0.685. The van der Waals surface area contributed by atoms with Crippen LogP contribution >= 0.6 is 0 Å². The van der Waals surface area contributed by atoms with E-state index in [1.807, 2.05) is 0 Å².